The van der Waals surface area contributed by atoms with Crippen LogP contribution >= 0.6 is 0 Å². The molecule has 4 nitrogen and oxygen atoms in total. The highest BCUT2D eigenvalue weighted by molar-refractivity contribution is 6.36. The summed E-state index contributed by atoms with van der Waals surface area (Å²) < 4.78 is 13.6. The fourth-order valence-corrected chi connectivity index (χ4v) is 4.28. The molecule has 5 heteroatoms. The van der Waals surface area contributed by atoms with Gasteiger partial charge in [0.2, 0.25) is 0 Å². The van der Waals surface area contributed by atoms with Crippen molar-refractivity contribution in [2.24, 2.45) is 0 Å². The smallest absolute Gasteiger partial charge is 0.278 e. The molecule has 0 saturated heterocycles. The van der Waals surface area contributed by atoms with E-state index in [0.29, 0.717) is 23.4 Å². The summed E-state index contributed by atoms with van der Waals surface area (Å²) in [6.45, 7) is 2.81. The number of nitrogens with zero attached hydrogens (tertiary/aromatic N) is 2. The Bertz CT molecular complexity index is 1210. The minimum absolute atomic E-state index is 0.196. The second kappa shape index (κ2) is 7.51. The van der Waals surface area contributed by atoms with Gasteiger partial charge in [0.05, 0.1) is 12.1 Å². The Morgan fingerprint density at radius 2 is 1.58 bits per heavy atom. The molecule has 0 unspecified atom stereocenters. The lowest BCUT2D eigenvalue weighted by Crippen LogP contribution is -2.34. The molecule has 2 amide bonds. The second-order valence-corrected chi connectivity index (χ2v) is 7.94. The maximum atomic E-state index is 13.6. The summed E-state index contributed by atoms with van der Waals surface area (Å²) in [7, 11) is 0. The zero-order valence-corrected chi connectivity index (χ0v) is 17.1. The molecule has 0 N–H and O–H groups in total. The molecule has 2 aliphatic rings. The number of para-hydroxylation sites is 1. The molecule has 0 spiro atoms. The first kappa shape index (κ1) is 19.2. The lowest BCUT2D eigenvalue weighted by molar-refractivity contribution is -0.137. The van der Waals surface area contributed by atoms with E-state index >= 15 is 0 Å². The number of amides is 2. The van der Waals surface area contributed by atoms with E-state index in [9.17, 15) is 14.0 Å². The number of halogens is 1. The van der Waals surface area contributed by atoms with Crippen LogP contribution in [0.1, 0.15) is 22.3 Å². The van der Waals surface area contributed by atoms with Gasteiger partial charge in [-0.05, 0) is 48.2 Å². The van der Waals surface area contributed by atoms with Crippen LogP contribution in [0.3, 0.4) is 0 Å². The van der Waals surface area contributed by atoms with Gasteiger partial charge in [0.1, 0.15) is 11.5 Å². The van der Waals surface area contributed by atoms with Crippen LogP contribution < -0.4 is 4.90 Å². The van der Waals surface area contributed by atoms with Gasteiger partial charge in [-0.3, -0.25) is 14.5 Å². The Kier molecular flexibility index (Phi) is 4.66. The van der Waals surface area contributed by atoms with E-state index in [-0.39, 0.29) is 24.2 Å². The van der Waals surface area contributed by atoms with E-state index in [4.69, 9.17) is 0 Å². The summed E-state index contributed by atoms with van der Waals surface area (Å²) in [5.74, 6) is -1.05. The molecule has 3 aromatic rings. The van der Waals surface area contributed by atoms with Gasteiger partial charge in [-0.1, -0.05) is 60.2 Å². The average Bonchev–Trinajstić information content (AvgIpc) is 3.30. The molecule has 3 aromatic carbocycles. The summed E-state index contributed by atoms with van der Waals surface area (Å²) in [6, 6.07) is 21.5. The molecule has 31 heavy (non-hydrogen) atoms. The van der Waals surface area contributed by atoms with E-state index in [1.807, 2.05) is 60.4 Å². The maximum absolute atomic E-state index is 13.6. The van der Waals surface area contributed by atoms with Crippen molar-refractivity contribution in [2.75, 3.05) is 11.4 Å². The Labute approximate surface area is 180 Å². The van der Waals surface area contributed by atoms with Crippen molar-refractivity contribution >= 4 is 23.1 Å². The number of carbonyl (C=O) groups is 2. The molecule has 0 bridgehead atoms. The summed E-state index contributed by atoms with van der Waals surface area (Å²) in [5, 5.41) is 0. The minimum atomic E-state index is -0.384. The molecule has 154 valence electrons. The standard InChI is InChI=1S/C26H21FN2O2/c1-17-6-8-18(9-7-17)16-29-25(30)23(20-10-12-21(27)13-11-20)24(26(29)31)28-15-14-19-4-2-3-5-22(19)28/h2-13H,14-16H2,1H3. The Balaban J connectivity index is 1.60. The van der Waals surface area contributed by atoms with Crippen LogP contribution in [-0.2, 0) is 22.6 Å². The lowest BCUT2D eigenvalue weighted by atomic mass is 10.0. The normalized spacial score (nSPS) is 15.8. The highest BCUT2D eigenvalue weighted by atomic mass is 19.1. The van der Waals surface area contributed by atoms with Crippen molar-refractivity contribution in [3.63, 3.8) is 0 Å². The van der Waals surface area contributed by atoms with Gasteiger partial charge in [-0.2, -0.15) is 0 Å². The first-order chi connectivity index (χ1) is 15.0. The van der Waals surface area contributed by atoms with Crippen molar-refractivity contribution in [1.29, 1.82) is 0 Å². The summed E-state index contributed by atoms with van der Waals surface area (Å²) in [6.07, 6.45) is 0.801. The molecular weight excluding hydrogens is 391 g/mol. The van der Waals surface area contributed by atoms with Crippen LogP contribution in [0, 0.1) is 12.7 Å². The largest absolute Gasteiger partial charge is 0.336 e. The molecule has 0 aromatic heterocycles. The highest BCUT2D eigenvalue weighted by Gasteiger charge is 2.43. The van der Waals surface area contributed by atoms with Crippen LogP contribution in [-0.4, -0.2) is 23.3 Å². The van der Waals surface area contributed by atoms with E-state index < -0.39 is 0 Å². The number of rotatable bonds is 4. The Morgan fingerprint density at radius 1 is 0.871 bits per heavy atom. The third-order valence-electron chi connectivity index (χ3n) is 5.89. The van der Waals surface area contributed by atoms with Crippen molar-refractivity contribution in [3.8, 4) is 0 Å². The monoisotopic (exact) mass is 412 g/mol. The van der Waals surface area contributed by atoms with Crippen molar-refractivity contribution in [3.05, 3.63) is 107 Å². The summed E-state index contributed by atoms with van der Waals surface area (Å²) in [5.41, 5.74) is 5.32. The predicted molar refractivity (Wildman–Crippen MR) is 118 cm³/mol. The zero-order valence-electron chi connectivity index (χ0n) is 17.1. The Morgan fingerprint density at radius 3 is 2.32 bits per heavy atom. The first-order valence-corrected chi connectivity index (χ1v) is 10.3. The number of imide groups is 1. The van der Waals surface area contributed by atoms with Crippen molar-refractivity contribution < 1.29 is 14.0 Å². The number of anilines is 1. The topological polar surface area (TPSA) is 40.6 Å². The van der Waals surface area contributed by atoms with Crippen LogP contribution in [0.15, 0.2) is 78.5 Å². The van der Waals surface area contributed by atoms with E-state index in [0.717, 1.165) is 28.8 Å². The SMILES string of the molecule is Cc1ccc(CN2C(=O)C(c3ccc(F)cc3)=C(N3CCc4ccccc43)C2=O)cc1. The quantitative estimate of drug-likeness (QED) is 0.594. The molecule has 5 rings (SSSR count). The number of fused-ring (bicyclic) bond motifs is 1. The van der Waals surface area contributed by atoms with Crippen molar-refractivity contribution in [2.45, 2.75) is 19.9 Å². The Hall–Kier alpha value is -3.73. The maximum Gasteiger partial charge on any atom is 0.278 e. The number of hydrogen-bond acceptors (Lipinski definition) is 3. The fraction of sp³-hybridized carbons (Fsp3) is 0.154. The highest BCUT2D eigenvalue weighted by Crippen LogP contribution is 2.39. The van der Waals surface area contributed by atoms with Gasteiger partial charge >= 0.3 is 0 Å². The molecule has 2 aliphatic heterocycles. The minimum Gasteiger partial charge on any atom is -0.336 e. The van der Waals surface area contributed by atoms with Crippen molar-refractivity contribution in [1.82, 2.24) is 4.90 Å². The predicted octanol–water partition coefficient (Wildman–Crippen LogP) is 4.48. The van der Waals surface area contributed by atoms with E-state index in [2.05, 4.69) is 0 Å². The van der Waals surface area contributed by atoms with E-state index in [1.165, 1.54) is 17.0 Å². The molecular formula is C26H21FN2O2. The number of hydrogen-bond donors (Lipinski definition) is 0. The average molecular weight is 412 g/mol. The summed E-state index contributed by atoms with van der Waals surface area (Å²) in [4.78, 5) is 30.3. The molecule has 0 radical (unpaired) electrons. The van der Waals surface area contributed by atoms with Gasteiger partial charge in [-0.15, -0.1) is 0 Å². The molecule has 0 fully saturated rings. The van der Waals surface area contributed by atoms with Gasteiger partial charge in [0.25, 0.3) is 11.8 Å². The summed E-state index contributed by atoms with van der Waals surface area (Å²) >= 11 is 0. The number of aryl methyl sites for hydroxylation is 1. The van der Waals surface area contributed by atoms with Gasteiger partial charge < -0.3 is 4.90 Å². The van der Waals surface area contributed by atoms with Crippen LogP contribution in [0.4, 0.5) is 10.1 Å². The number of benzene rings is 3. The third kappa shape index (κ3) is 3.32. The lowest BCUT2D eigenvalue weighted by Gasteiger charge is -2.22. The second-order valence-electron chi connectivity index (χ2n) is 7.94. The zero-order chi connectivity index (χ0) is 21.5. The van der Waals surface area contributed by atoms with Crippen LogP contribution in [0.25, 0.3) is 5.57 Å². The first-order valence-electron chi connectivity index (χ1n) is 10.3. The number of carbonyl (C=O) groups excluding carboxylic acids is 2. The van der Waals surface area contributed by atoms with Crippen LogP contribution in [0.5, 0.6) is 0 Å². The molecule has 0 atom stereocenters. The van der Waals surface area contributed by atoms with Crippen LogP contribution in [0.2, 0.25) is 0 Å². The van der Waals surface area contributed by atoms with E-state index in [1.54, 1.807) is 12.1 Å². The van der Waals surface area contributed by atoms with Gasteiger partial charge in [0.15, 0.2) is 0 Å². The van der Waals surface area contributed by atoms with Gasteiger partial charge in [0, 0.05) is 12.2 Å². The fourth-order valence-electron chi connectivity index (χ4n) is 4.28. The molecule has 2 heterocycles. The van der Waals surface area contributed by atoms with Gasteiger partial charge in [-0.25, -0.2) is 4.39 Å². The third-order valence-corrected chi connectivity index (χ3v) is 5.89. The molecule has 0 aliphatic carbocycles. The molecule has 0 saturated carbocycles.